The predicted octanol–water partition coefficient (Wildman–Crippen LogP) is 15.4. The molecule has 0 aliphatic rings. The first-order valence-corrected chi connectivity index (χ1v) is 21.8. The molecule has 0 atom stereocenters. The maximum Gasteiger partial charge on any atom is 0.149 e. The summed E-state index contributed by atoms with van der Waals surface area (Å²) in [6, 6.07) is 58.1. The Labute approximate surface area is 361 Å². The molecule has 4 nitrogen and oxygen atoms in total. The second-order valence-corrected chi connectivity index (χ2v) is 19.1. The highest BCUT2D eigenvalue weighted by atomic mass is 32.1. The number of imidazole rings is 1. The minimum absolute atomic E-state index is 0.186. The molecule has 0 fully saturated rings. The van der Waals surface area contributed by atoms with Gasteiger partial charge in [-0.1, -0.05) is 151 Å². The number of hydrogen-bond donors (Lipinski definition) is 1. The first-order valence-electron chi connectivity index (χ1n) is 21.0. The van der Waals surface area contributed by atoms with Crippen molar-refractivity contribution in [1.29, 1.82) is 0 Å². The molecule has 1 N–H and O–H groups in total. The molecule has 0 bridgehead atoms. The Morgan fingerprint density at radius 2 is 1.23 bits per heavy atom. The summed E-state index contributed by atoms with van der Waals surface area (Å²) in [5.74, 6) is 0.942. The molecule has 10 aromatic rings. The zero-order chi connectivity index (χ0) is 42.0. The van der Waals surface area contributed by atoms with Crippen LogP contribution in [0.3, 0.4) is 0 Å². The lowest BCUT2D eigenvalue weighted by atomic mass is 9.79. The number of thiophene rings is 1. The number of para-hydroxylation sites is 1. The lowest BCUT2D eigenvalue weighted by Crippen LogP contribution is -2.17. The number of phenolic OH excluding ortho intramolecular Hbond substituents is 1. The lowest BCUT2D eigenvalue weighted by molar-refractivity contribution is 0.446. The second kappa shape index (κ2) is 14.7. The third-order valence-corrected chi connectivity index (χ3v) is 13.0. The van der Waals surface area contributed by atoms with E-state index in [0.29, 0.717) is 11.4 Å². The molecular formula is C56H47N3OS. The molecule has 3 aromatic heterocycles. The molecule has 0 amide bonds. The van der Waals surface area contributed by atoms with Gasteiger partial charge in [0.05, 0.1) is 28.0 Å². The van der Waals surface area contributed by atoms with Crippen molar-refractivity contribution in [1.82, 2.24) is 14.5 Å². The number of fused-ring (bicyclic) bond motifs is 4. The molecule has 7 aromatic carbocycles. The highest BCUT2D eigenvalue weighted by molar-refractivity contribution is 7.26. The van der Waals surface area contributed by atoms with Crippen LogP contribution in [0, 0.1) is 0 Å². The van der Waals surface area contributed by atoms with Gasteiger partial charge in [0.25, 0.3) is 0 Å². The van der Waals surface area contributed by atoms with E-state index in [0.717, 1.165) is 72.5 Å². The van der Waals surface area contributed by atoms with Gasteiger partial charge in [0, 0.05) is 48.6 Å². The summed E-state index contributed by atoms with van der Waals surface area (Å²) in [4.78, 5) is 10.5. The molecule has 0 radical (unpaired) electrons. The van der Waals surface area contributed by atoms with Crippen LogP contribution in [0.2, 0.25) is 0 Å². The Morgan fingerprint density at radius 3 is 1.95 bits per heavy atom. The summed E-state index contributed by atoms with van der Waals surface area (Å²) in [7, 11) is 0. The second-order valence-electron chi connectivity index (χ2n) is 18.0. The number of hydrogen-bond acceptors (Lipinski definition) is 4. The van der Waals surface area contributed by atoms with E-state index in [2.05, 4.69) is 198 Å². The van der Waals surface area contributed by atoms with E-state index < -0.39 is 0 Å². The van der Waals surface area contributed by atoms with Crippen molar-refractivity contribution < 1.29 is 5.11 Å². The molecule has 0 aliphatic heterocycles. The van der Waals surface area contributed by atoms with Gasteiger partial charge in [-0.2, -0.15) is 0 Å². The summed E-state index contributed by atoms with van der Waals surface area (Å²) in [6.45, 7) is 13.2. The summed E-state index contributed by atoms with van der Waals surface area (Å²) in [5.41, 5.74) is 13.5. The number of rotatable bonds is 6. The van der Waals surface area contributed by atoms with E-state index in [1.54, 1.807) is 0 Å². The summed E-state index contributed by atoms with van der Waals surface area (Å²) in [5, 5.41) is 15.0. The van der Waals surface area contributed by atoms with Gasteiger partial charge < -0.3 is 5.11 Å². The maximum absolute atomic E-state index is 12.6. The molecule has 0 aliphatic carbocycles. The largest absolute Gasteiger partial charge is 0.507 e. The maximum atomic E-state index is 12.6. The zero-order valence-corrected chi connectivity index (χ0v) is 36.2. The molecule has 5 heteroatoms. The first kappa shape index (κ1) is 38.4. The number of nitrogens with zero attached hydrogens (tertiary/aromatic N) is 3. The van der Waals surface area contributed by atoms with E-state index in [-0.39, 0.29) is 16.6 Å². The third-order valence-electron chi connectivity index (χ3n) is 11.9. The molecule has 61 heavy (non-hydrogen) atoms. The van der Waals surface area contributed by atoms with Crippen molar-refractivity contribution in [3.63, 3.8) is 0 Å². The smallest absolute Gasteiger partial charge is 0.149 e. The molecular weight excluding hydrogens is 763 g/mol. The van der Waals surface area contributed by atoms with Crippen LogP contribution in [-0.4, -0.2) is 19.6 Å². The van der Waals surface area contributed by atoms with Crippen molar-refractivity contribution in [3.8, 4) is 67.5 Å². The van der Waals surface area contributed by atoms with Gasteiger partial charge in [0.2, 0.25) is 0 Å². The van der Waals surface area contributed by atoms with Crippen molar-refractivity contribution in [3.05, 3.63) is 181 Å². The standard InChI is InChI=1S/C56H47N3OS/c1-55(2,3)39-33-44(53(60)45(34-39)56(4,5)6)54-58-52-40(43-31-38(46-24-15-16-29-57-46)32-50-51(43)41-22-13-14-26-49(41)61-50)23-17-25-48(52)59(54)47-28-27-37(35-18-9-7-10-19-35)30-42(47)36-20-11-8-12-21-36/h7-34,60H,1-6H3. The van der Waals surface area contributed by atoms with E-state index in [4.69, 9.17) is 9.97 Å². The fraction of sp³-hybridized carbons (Fsp3) is 0.143. The van der Waals surface area contributed by atoms with Gasteiger partial charge in [-0.3, -0.25) is 9.55 Å². The number of benzene rings is 7. The van der Waals surface area contributed by atoms with Crippen LogP contribution in [0.15, 0.2) is 170 Å². The van der Waals surface area contributed by atoms with Crippen LogP contribution >= 0.6 is 11.3 Å². The molecule has 3 heterocycles. The number of aromatic hydroxyl groups is 1. The van der Waals surface area contributed by atoms with Crippen molar-refractivity contribution >= 4 is 42.5 Å². The number of pyridine rings is 1. The third kappa shape index (κ3) is 6.79. The highest BCUT2D eigenvalue weighted by Gasteiger charge is 2.30. The molecule has 0 saturated heterocycles. The Bertz CT molecular complexity index is 3260. The number of phenols is 1. The van der Waals surface area contributed by atoms with Gasteiger partial charge >= 0.3 is 0 Å². The molecule has 0 spiro atoms. The quantitative estimate of drug-likeness (QED) is 0.182. The van der Waals surface area contributed by atoms with Crippen LogP contribution in [0.25, 0.3) is 92.9 Å². The fourth-order valence-electron chi connectivity index (χ4n) is 8.69. The highest BCUT2D eigenvalue weighted by Crippen LogP contribution is 2.48. The first-order chi connectivity index (χ1) is 29.4. The minimum Gasteiger partial charge on any atom is -0.507 e. The minimum atomic E-state index is -0.327. The molecule has 0 unspecified atom stereocenters. The number of aromatic nitrogens is 3. The van der Waals surface area contributed by atoms with Crippen molar-refractivity contribution in [2.45, 2.75) is 52.4 Å². The fourth-order valence-corrected chi connectivity index (χ4v) is 9.86. The van der Waals surface area contributed by atoms with E-state index >= 15 is 0 Å². The van der Waals surface area contributed by atoms with Crippen LogP contribution in [0.1, 0.15) is 52.7 Å². The van der Waals surface area contributed by atoms with E-state index in [1.807, 2.05) is 29.7 Å². The van der Waals surface area contributed by atoms with E-state index in [9.17, 15) is 5.11 Å². The lowest BCUT2D eigenvalue weighted by Gasteiger charge is -2.27. The van der Waals surface area contributed by atoms with Gasteiger partial charge in [0.1, 0.15) is 11.6 Å². The summed E-state index contributed by atoms with van der Waals surface area (Å²) < 4.78 is 4.72. The van der Waals surface area contributed by atoms with Gasteiger partial charge in [0.15, 0.2) is 0 Å². The van der Waals surface area contributed by atoms with Crippen LogP contribution in [-0.2, 0) is 10.8 Å². The Kier molecular flexibility index (Phi) is 9.26. The topological polar surface area (TPSA) is 50.9 Å². The monoisotopic (exact) mass is 809 g/mol. The van der Waals surface area contributed by atoms with Crippen LogP contribution in [0.4, 0.5) is 0 Å². The average Bonchev–Trinajstić information content (AvgIpc) is 3.85. The van der Waals surface area contributed by atoms with Gasteiger partial charge in [-0.05, 0) is 93.2 Å². The SMILES string of the molecule is CC(C)(C)c1cc(-c2nc3c(-c4cc(-c5ccccn5)cc5sc6ccccc6c45)cccc3n2-c2ccc(-c3ccccc3)cc2-c2ccccc2)c(O)c(C(C)(C)C)c1. The van der Waals surface area contributed by atoms with Gasteiger partial charge in [-0.25, -0.2) is 4.98 Å². The molecule has 10 rings (SSSR count). The van der Waals surface area contributed by atoms with E-state index in [1.165, 1.54) is 20.2 Å². The molecule has 298 valence electrons. The predicted molar refractivity (Wildman–Crippen MR) is 258 cm³/mol. The van der Waals surface area contributed by atoms with Crippen molar-refractivity contribution in [2.75, 3.05) is 0 Å². The van der Waals surface area contributed by atoms with Gasteiger partial charge in [-0.15, -0.1) is 11.3 Å². The Hall–Kier alpha value is -6.82. The summed E-state index contributed by atoms with van der Waals surface area (Å²) in [6.07, 6.45) is 1.86. The zero-order valence-electron chi connectivity index (χ0n) is 35.4. The Balaban J connectivity index is 1.35. The Morgan fingerprint density at radius 1 is 0.525 bits per heavy atom. The van der Waals surface area contributed by atoms with Crippen LogP contribution in [0.5, 0.6) is 5.75 Å². The van der Waals surface area contributed by atoms with Crippen molar-refractivity contribution in [2.24, 2.45) is 0 Å². The normalized spacial score (nSPS) is 12.2. The van der Waals surface area contributed by atoms with Crippen LogP contribution < -0.4 is 0 Å². The average molecular weight is 810 g/mol. The molecule has 0 saturated carbocycles. The summed E-state index contributed by atoms with van der Waals surface area (Å²) >= 11 is 1.81.